The van der Waals surface area contributed by atoms with Crippen LogP contribution >= 0.6 is 0 Å². The van der Waals surface area contributed by atoms with Crippen molar-refractivity contribution in [2.75, 3.05) is 26.7 Å². The molecule has 0 aromatic heterocycles. The molecule has 26 heavy (non-hydrogen) atoms. The van der Waals surface area contributed by atoms with Crippen molar-refractivity contribution in [1.29, 1.82) is 0 Å². The summed E-state index contributed by atoms with van der Waals surface area (Å²) in [5, 5.41) is 5.64. The van der Waals surface area contributed by atoms with Crippen molar-refractivity contribution in [3.05, 3.63) is 35.9 Å². The maximum Gasteiger partial charge on any atom is 0.244 e. The fourth-order valence-corrected chi connectivity index (χ4v) is 3.13. The number of benzene rings is 1. The van der Waals surface area contributed by atoms with Gasteiger partial charge in [0.05, 0.1) is 7.11 Å². The molecule has 1 aliphatic rings. The Bertz CT molecular complexity index is 628. The number of hydrogen-bond acceptors (Lipinski definition) is 4. The molecular weight excluding hydrogens is 330 g/mol. The zero-order valence-corrected chi connectivity index (χ0v) is 15.8. The van der Waals surface area contributed by atoms with E-state index in [1.54, 1.807) is 20.1 Å². The third kappa shape index (κ3) is 5.88. The van der Waals surface area contributed by atoms with Crippen LogP contribution in [0.25, 0.3) is 6.08 Å². The van der Waals surface area contributed by atoms with Gasteiger partial charge >= 0.3 is 0 Å². The molecule has 0 aliphatic carbocycles. The van der Waals surface area contributed by atoms with E-state index in [2.05, 4.69) is 22.5 Å². The number of nitrogens with zero attached hydrogens (tertiary/aromatic N) is 1. The van der Waals surface area contributed by atoms with Gasteiger partial charge in [-0.25, -0.2) is 0 Å². The molecule has 0 bridgehead atoms. The van der Waals surface area contributed by atoms with Gasteiger partial charge in [-0.2, -0.15) is 0 Å². The first kappa shape index (κ1) is 20.0. The Labute approximate surface area is 155 Å². The number of methoxy groups -OCH3 is 1. The lowest BCUT2D eigenvalue weighted by atomic mass is 10.2. The second-order valence-corrected chi connectivity index (χ2v) is 6.51. The zero-order valence-electron chi connectivity index (χ0n) is 15.8. The molecule has 1 aliphatic heterocycles. The van der Waals surface area contributed by atoms with Crippen LogP contribution in [0.5, 0.6) is 5.75 Å². The topological polar surface area (TPSA) is 70.7 Å². The highest BCUT2D eigenvalue weighted by atomic mass is 16.5. The Morgan fingerprint density at radius 1 is 1.35 bits per heavy atom. The SMILES string of the molecule is CCN1CCCC1CNC(=O)C(C)NC(=O)C=Cc1ccc(OC)cc1. The van der Waals surface area contributed by atoms with Crippen LogP contribution in [0.3, 0.4) is 0 Å². The van der Waals surface area contributed by atoms with Gasteiger partial charge in [0, 0.05) is 18.7 Å². The normalized spacial score (nSPS) is 18.7. The number of carbonyl (C=O) groups excluding carboxylic acids is 2. The molecule has 1 saturated heterocycles. The van der Waals surface area contributed by atoms with E-state index in [1.807, 2.05) is 24.3 Å². The molecular formula is C20H29N3O3. The van der Waals surface area contributed by atoms with E-state index in [0.29, 0.717) is 12.6 Å². The van der Waals surface area contributed by atoms with Crippen LogP contribution in [0, 0.1) is 0 Å². The number of likely N-dealkylation sites (N-methyl/N-ethyl adjacent to an activating group) is 1. The standard InChI is InChI=1S/C20H29N3O3/c1-4-23-13-5-6-17(23)14-21-20(25)15(2)22-19(24)12-9-16-7-10-18(26-3)11-8-16/h7-12,15,17H,4-6,13-14H2,1-3H3,(H,21,25)(H,22,24). The molecule has 1 heterocycles. The second-order valence-electron chi connectivity index (χ2n) is 6.51. The molecule has 1 fully saturated rings. The summed E-state index contributed by atoms with van der Waals surface area (Å²) in [6.45, 7) is 6.57. The number of ether oxygens (including phenoxy) is 1. The fourth-order valence-electron chi connectivity index (χ4n) is 3.13. The van der Waals surface area contributed by atoms with Crippen molar-refractivity contribution in [2.24, 2.45) is 0 Å². The van der Waals surface area contributed by atoms with Gasteiger partial charge in [-0.15, -0.1) is 0 Å². The van der Waals surface area contributed by atoms with Crippen LogP contribution in [0.2, 0.25) is 0 Å². The minimum Gasteiger partial charge on any atom is -0.497 e. The number of nitrogens with one attached hydrogen (secondary N) is 2. The van der Waals surface area contributed by atoms with Crippen molar-refractivity contribution >= 4 is 17.9 Å². The van der Waals surface area contributed by atoms with E-state index < -0.39 is 6.04 Å². The number of amides is 2. The van der Waals surface area contributed by atoms with Crippen molar-refractivity contribution in [3.8, 4) is 5.75 Å². The quantitative estimate of drug-likeness (QED) is 0.695. The largest absolute Gasteiger partial charge is 0.497 e. The monoisotopic (exact) mass is 359 g/mol. The Kier molecular flexibility index (Phi) is 7.66. The molecule has 2 unspecified atom stereocenters. The van der Waals surface area contributed by atoms with Crippen LogP contribution in [0.4, 0.5) is 0 Å². The molecule has 142 valence electrons. The lowest BCUT2D eigenvalue weighted by Gasteiger charge is -2.23. The van der Waals surface area contributed by atoms with Gasteiger partial charge < -0.3 is 15.4 Å². The number of likely N-dealkylation sites (tertiary alicyclic amines) is 1. The maximum atomic E-state index is 12.2. The van der Waals surface area contributed by atoms with Gasteiger partial charge in [-0.05, 0) is 56.6 Å². The number of rotatable bonds is 8. The number of carbonyl (C=O) groups is 2. The Morgan fingerprint density at radius 3 is 2.73 bits per heavy atom. The summed E-state index contributed by atoms with van der Waals surface area (Å²) >= 11 is 0. The average molecular weight is 359 g/mol. The number of hydrogen-bond donors (Lipinski definition) is 2. The zero-order chi connectivity index (χ0) is 18.9. The molecule has 1 aromatic carbocycles. The van der Waals surface area contributed by atoms with Gasteiger partial charge in [0.25, 0.3) is 0 Å². The third-order valence-electron chi connectivity index (χ3n) is 4.71. The Balaban J connectivity index is 1.76. The lowest BCUT2D eigenvalue weighted by molar-refractivity contribution is -0.126. The molecule has 2 amide bonds. The lowest BCUT2D eigenvalue weighted by Crippen LogP contribution is -2.48. The third-order valence-corrected chi connectivity index (χ3v) is 4.71. The van der Waals surface area contributed by atoms with Crippen LogP contribution in [0.1, 0.15) is 32.3 Å². The summed E-state index contributed by atoms with van der Waals surface area (Å²) in [5.74, 6) is 0.319. The van der Waals surface area contributed by atoms with Gasteiger partial charge in [-0.1, -0.05) is 19.1 Å². The van der Waals surface area contributed by atoms with E-state index in [-0.39, 0.29) is 11.8 Å². The van der Waals surface area contributed by atoms with Crippen LogP contribution in [-0.4, -0.2) is 55.5 Å². The highest BCUT2D eigenvalue weighted by molar-refractivity contribution is 5.95. The minimum absolute atomic E-state index is 0.154. The average Bonchev–Trinajstić information content (AvgIpc) is 3.12. The minimum atomic E-state index is -0.570. The predicted octanol–water partition coefficient (Wildman–Crippen LogP) is 1.81. The van der Waals surface area contributed by atoms with E-state index in [0.717, 1.165) is 30.8 Å². The summed E-state index contributed by atoms with van der Waals surface area (Å²) < 4.78 is 5.10. The first-order chi connectivity index (χ1) is 12.5. The highest BCUT2D eigenvalue weighted by Gasteiger charge is 2.24. The summed E-state index contributed by atoms with van der Waals surface area (Å²) in [6.07, 6.45) is 5.43. The van der Waals surface area contributed by atoms with Gasteiger partial charge in [-0.3, -0.25) is 14.5 Å². The first-order valence-electron chi connectivity index (χ1n) is 9.18. The van der Waals surface area contributed by atoms with Gasteiger partial charge in [0.2, 0.25) is 11.8 Å². The van der Waals surface area contributed by atoms with Gasteiger partial charge in [0.15, 0.2) is 0 Å². The molecule has 6 heteroatoms. The first-order valence-corrected chi connectivity index (χ1v) is 9.18. The summed E-state index contributed by atoms with van der Waals surface area (Å²) in [6, 6.07) is 7.22. The summed E-state index contributed by atoms with van der Waals surface area (Å²) in [5.41, 5.74) is 0.888. The van der Waals surface area contributed by atoms with Crippen LogP contribution in [0.15, 0.2) is 30.3 Å². The van der Waals surface area contributed by atoms with E-state index in [4.69, 9.17) is 4.74 Å². The van der Waals surface area contributed by atoms with E-state index in [1.165, 1.54) is 12.5 Å². The molecule has 2 atom stereocenters. The Hall–Kier alpha value is -2.34. The van der Waals surface area contributed by atoms with Gasteiger partial charge in [0.1, 0.15) is 11.8 Å². The fraction of sp³-hybridized carbons (Fsp3) is 0.500. The smallest absolute Gasteiger partial charge is 0.244 e. The van der Waals surface area contributed by atoms with Crippen LogP contribution in [-0.2, 0) is 9.59 Å². The molecule has 6 nitrogen and oxygen atoms in total. The highest BCUT2D eigenvalue weighted by Crippen LogP contribution is 2.15. The molecule has 1 aromatic rings. The predicted molar refractivity (Wildman–Crippen MR) is 103 cm³/mol. The molecule has 0 saturated carbocycles. The van der Waals surface area contributed by atoms with Crippen molar-refractivity contribution < 1.29 is 14.3 Å². The van der Waals surface area contributed by atoms with E-state index >= 15 is 0 Å². The van der Waals surface area contributed by atoms with Crippen molar-refractivity contribution in [3.63, 3.8) is 0 Å². The van der Waals surface area contributed by atoms with Crippen molar-refractivity contribution in [2.45, 2.75) is 38.8 Å². The molecule has 2 N–H and O–H groups in total. The molecule has 0 spiro atoms. The van der Waals surface area contributed by atoms with E-state index in [9.17, 15) is 9.59 Å². The maximum absolute atomic E-state index is 12.2. The molecule has 2 rings (SSSR count). The summed E-state index contributed by atoms with van der Waals surface area (Å²) in [7, 11) is 1.61. The Morgan fingerprint density at radius 2 is 2.08 bits per heavy atom. The second kappa shape index (κ2) is 9.97. The van der Waals surface area contributed by atoms with Crippen LogP contribution < -0.4 is 15.4 Å². The molecule has 0 radical (unpaired) electrons. The van der Waals surface area contributed by atoms with Crippen molar-refractivity contribution in [1.82, 2.24) is 15.5 Å². The summed E-state index contributed by atoms with van der Waals surface area (Å²) in [4.78, 5) is 26.6.